The summed E-state index contributed by atoms with van der Waals surface area (Å²) in [7, 11) is 4.73. The van der Waals surface area contributed by atoms with Crippen LogP contribution in [0.5, 0.6) is 5.75 Å². The molecule has 2 aromatic carbocycles. The molecule has 3 heterocycles. The number of carbonyl (C=O) groups excluding carboxylic acids is 2. The first-order valence-corrected chi connectivity index (χ1v) is 12.0. The Morgan fingerprint density at radius 2 is 1.82 bits per heavy atom. The molecule has 1 aliphatic heterocycles. The van der Waals surface area contributed by atoms with Crippen LogP contribution in [0.1, 0.15) is 15.9 Å². The number of nitrogens with one attached hydrogen (secondary N) is 1. The van der Waals surface area contributed by atoms with E-state index < -0.39 is 0 Å². The predicted molar refractivity (Wildman–Crippen MR) is 143 cm³/mol. The Morgan fingerprint density at radius 1 is 1.03 bits per heavy atom. The molecule has 11 heteroatoms. The first kappa shape index (κ1) is 24.8. The number of hydrogen-bond acceptors (Lipinski definition) is 6. The highest BCUT2D eigenvalue weighted by Gasteiger charge is 2.34. The van der Waals surface area contributed by atoms with Crippen molar-refractivity contribution in [3.8, 4) is 22.7 Å². The molecule has 1 fully saturated rings. The second-order valence-electron chi connectivity index (χ2n) is 8.81. The number of anilines is 2. The van der Waals surface area contributed by atoms with Gasteiger partial charge in [-0.25, -0.2) is 18.8 Å². The molecule has 1 saturated heterocycles. The van der Waals surface area contributed by atoms with Crippen LogP contribution in [0.2, 0.25) is 0 Å². The number of rotatable bonds is 6. The molecule has 2 aromatic heterocycles. The molecular weight excluding hydrogens is 486 g/mol. The van der Waals surface area contributed by atoms with Crippen LogP contribution in [0.4, 0.5) is 16.2 Å². The molecule has 4 aromatic rings. The normalized spacial score (nSPS) is 13.2. The summed E-state index contributed by atoms with van der Waals surface area (Å²) in [6, 6.07) is 14.1. The van der Waals surface area contributed by atoms with Crippen molar-refractivity contribution in [2.75, 3.05) is 37.0 Å². The van der Waals surface area contributed by atoms with Crippen molar-refractivity contribution in [2.24, 2.45) is 7.05 Å². The molecule has 38 heavy (non-hydrogen) atoms. The van der Waals surface area contributed by atoms with Crippen LogP contribution in [0, 0.1) is 6.92 Å². The van der Waals surface area contributed by atoms with Crippen molar-refractivity contribution in [3.63, 3.8) is 0 Å². The van der Waals surface area contributed by atoms with Crippen LogP contribution in [0.25, 0.3) is 16.9 Å². The molecule has 3 amide bonds. The average Bonchev–Trinajstić information content (AvgIpc) is 3.49. The number of amides is 3. The molecule has 0 bridgehead atoms. The Balaban J connectivity index is 1.48. The summed E-state index contributed by atoms with van der Waals surface area (Å²) >= 11 is 0. The van der Waals surface area contributed by atoms with E-state index >= 15 is 0 Å². The van der Waals surface area contributed by atoms with Gasteiger partial charge in [-0.05, 0) is 55.0 Å². The quantitative estimate of drug-likeness (QED) is 0.424. The van der Waals surface area contributed by atoms with E-state index in [2.05, 4.69) is 15.4 Å². The minimum Gasteiger partial charge on any atom is -0.495 e. The third-order valence-electron chi connectivity index (χ3n) is 6.67. The number of methoxy groups -OCH3 is 1. The summed E-state index contributed by atoms with van der Waals surface area (Å²) in [5, 5.41) is 6.59. The lowest BCUT2D eigenvalue weighted by Crippen LogP contribution is -2.32. The molecule has 11 nitrogen and oxygen atoms in total. The number of benzene rings is 2. The molecule has 0 unspecified atom stereocenters. The maximum absolute atomic E-state index is 13.6. The fourth-order valence-corrected chi connectivity index (χ4v) is 4.65. The summed E-state index contributed by atoms with van der Waals surface area (Å²) < 4.78 is 8.31. The average molecular weight is 514 g/mol. The van der Waals surface area contributed by atoms with Gasteiger partial charge in [-0.2, -0.15) is 5.10 Å². The van der Waals surface area contributed by atoms with Gasteiger partial charge in [-0.3, -0.25) is 19.6 Å². The fourth-order valence-electron chi connectivity index (χ4n) is 4.65. The molecule has 0 radical (unpaired) electrons. The second kappa shape index (κ2) is 9.85. The number of hydrogen-bond donors (Lipinski definition) is 1. The van der Waals surface area contributed by atoms with Gasteiger partial charge in [0.05, 0.1) is 30.4 Å². The zero-order chi connectivity index (χ0) is 27.0. The largest absolute Gasteiger partial charge is 0.495 e. The first-order chi connectivity index (χ1) is 18.3. The first-order valence-electron chi connectivity index (χ1n) is 12.0. The molecule has 5 rings (SSSR count). The van der Waals surface area contributed by atoms with Crippen molar-refractivity contribution < 1.29 is 14.3 Å². The lowest BCUT2D eigenvalue weighted by molar-refractivity contribution is 0.0963. The van der Waals surface area contributed by atoms with Crippen LogP contribution in [0.3, 0.4) is 0 Å². The SMILES string of the molecule is CNC(=O)c1cccc(N2CCN(c3c(OC)ccc(-c4ccc(-n5cnn(C)c5=O)cn4)c3C)C2=O)c1. The maximum atomic E-state index is 13.6. The molecule has 194 valence electrons. The summed E-state index contributed by atoms with van der Waals surface area (Å²) in [6.45, 7) is 2.83. The zero-order valence-electron chi connectivity index (χ0n) is 21.5. The number of urea groups is 1. The molecule has 1 aliphatic rings. The van der Waals surface area contributed by atoms with E-state index in [1.54, 1.807) is 61.5 Å². The molecule has 0 spiro atoms. The summed E-state index contributed by atoms with van der Waals surface area (Å²) in [5.74, 6) is 0.353. The number of aryl methyl sites for hydroxylation is 1. The van der Waals surface area contributed by atoms with E-state index in [1.807, 2.05) is 31.2 Å². The second-order valence-corrected chi connectivity index (χ2v) is 8.81. The van der Waals surface area contributed by atoms with Crippen LogP contribution in [-0.2, 0) is 7.05 Å². The van der Waals surface area contributed by atoms with E-state index in [1.165, 1.54) is 15.6 Å². The summed E-state index contributed by atoms with van der Waals surface area (Å²) in [5.41, 5.74) is 4.48. The standard InChI is InChI=1S/C27H27N7O4/c1-17-21(22-10-8-20(15-29-22)34-16-30-31(3)26(34)36)9-11-23(38-4)24(17)33-13-12-32(27(33)37)19-7-5-6-18(14-19)25(35)28-2/h5-11,14-16H,12-13H2,1-4H3,(H,28,35). The van der Waals surface area contributed by atoms with Gasteiger partial charge < -0.3 is 10.1 Å². The monoisotopic (exact) mass is 513 g/mol. The van der Waals surface area contributed by atoms with Gasteiger partial charge in [0.25, 0.3) is 5.91 Å². The topological polar surface area (TPSA) is 115 Å². The van der Waals surface area contributed by atoms with Crippen LogP contribution in [-0.4, -0.2) is 58.5 Å². The van der Waals surface area contributed by atoms with Gasteiger partial charge in [-0.1, -0.05) is 6.07 Å². The molecule has 0 aliphatic carbocycles. The van der Waals surface area contributed by atoms with E-state index in [0.29, 0.717) is 47.2 Å². The van der Waals surface area contributed by atoms with Crippen molar-refractivity contribution in [3.05, 3.63) is 82.7 Å². The number of ether oxygens (including phenoxy) is 1. The van der Waals surface area contributed by atoms with Gasteiger partial charge in [0.2, 0.25) is 0 Å². The van der Waals surface area contributed by atoms with Crippen molar-refractivity contribution in [2.45, 2.75) is 6.92 Å². The molecular formula is C27H27N7O4. The van der Waals surface area contributed by atoms with E-state index in [9.17, 15) is 14.4 Å². The summed E-state index contributed by atoms with van der Waals surface area (Å²) in [6.07, 6.45) is 3.06. The third-order valence-corrected chi connectivity index (χ3v) is 6.67. The van der Waals surface area contributed by atoms with Crippen molar-refractivity contribution in [1.29, 1.82) is 0 Å². The van der Waals surface area contributed by atoms with Crippen LogP contribution < -0.4 is 25.5 Å². The van der Waals surface area contributed by atoms with E-state index in [-0.39, 0.29) is 17.6 Å². The van der Waals surface area contributed by atoms with Gasteiger partial charge in [0, 0.05) is 44.0 Å². The number of aromatic nitrogens is 4. The highest BCUT2D eigenvalue weighted by atomic mass is 16.5. The lowest BCUT2D eigenvalue weighted by Gasteiger charge is -2.24. The molecule has 1 N–H and O–H groups in total. The molecule has 0 saturated carbocycles. The third kappa shape index (κ3) is 4.17. The Morgan fingerprint density at radius 3 is 2.47 bits per heavy atom. The summed E-state index contributed by atoms with van der Waals surface area (Å²) in [4.78, 5) is 45.9. The Bertz CT molecular complexity index is 1590. The number of carbonyl (C=O) groups is 2. The van der Waals surface area contributed by atoms with Crippen LogP contribution >= 0.6 is 0 Å². The molecule has 0 atom stereocenters. The fraction of sp³-hybridized carbons (Fsp3) is 0.222. The minimum absolute atomic E-state index is 0.211. The minimum atomic E-state index is -0.263. The van der Waals surface area contributed by atoms with Gasteiger partial charge >= 0.3 is 11.7 Å². The highest BCUT2D eigenvalue weighted by molar-refractivity contribution is 6.08. The van der Waals surface area contributed by atoms with E-state index in [0.717, 1.165) is 11.1 Å². The van der Waals surface area contributed by atoms with Crippen molar-refractivity contribution in [1.82, 2.24) is 24.6 Å². The van der Waals surface area contributed by atoms with Gasteiger partial charge in [0.15, 0.2) is 0 Å². The van der Waals surface area contributed by atoms with E-state index in [4.69, 9.17) is 4.74 Å². The van der Waals surface area contributed by atoms with Crippen molar-refractivity contribution >= 4 is 23.3 Å². The predicted octanol–water partition coefficient (Wildman–Crippen LogP) is 2.76. The Labute approximate surface area is 218 Å². The number of nitrogens with zero attached hydrogens (tertiary/aromatic N) is 6. The van der Waals surface area contributed by atoms with Crippen LogP contribution in [0.15, 0.2) is 65.8 Å². The Hall–Kier alpha value is -4.93. The van der Waals surface area contributed by atoms with Gasteiger partial charge in [-0.15, -0.1) is 0 Å². The zero-order valence-corrected chi connectivity index (χ0v) is 21.5. The van der Waals surface area contributed by atoms with Gasteiger partial charge in [0.1, 0.15) is 12.1 Å². The Kier molecular flexibility index (Phi) is 6.41. The smallest absolute Gasteiger partial charge is 0.350 e. The lowest BCUT2D eigenvalue weighted by atomic mass is 10.0. The highest BCUT2D eigenvalue weighted by Crippen LogP contribution is 2.40. The number of pyridine rings is 1. The maximum Gasteiger partial charge on any atom is 0.350 e.